The fourth-order valence-corrected chi connectivity index (χ4v) is 3.40. The molecule has 0 saturated heterocycles. The van der Waals surface area contributed by atoms with Crippen LogP contribution in [0.4, 0.5) is 0 Å². The lowest BCUT2D eigenvalue weighted by atomic mass is 10.1. The number of aromatic nitrogens is 1. The van der Waals surface area contributed by atoms with Crippen molar-refractivity contribution in [2.75, 3.05) is 13.6 Å². The zero-order valence-corrected chi connectivity index (χ0v) is 17.2. The first-order valence-corrected chi connectivity index (χ1v) is 9.68. The fraction of sp³-hybridized carbons (Fsp3) is 0.333. The molecule has 28 heavy (non-hydrogen) atoms. The summed E-state index contributed by atoms with van der Waals surface area (Å²) >= 11 is 1.37. The molecular weight excluding hydrogens is 374 g/mol. The Morgan fingerprint density at radius 2 is 2.04 bits per heavy atom. The molecule has 2 aromatic rings. The lowest BCUT2D eigenvalue weighted by Crippen LogP contribution is -2.38. The number of carbonyl (C=O) groups excluding carboxylic acids is 2. The number of hydrogen-bond donors (Lipinski definition) is 0. The Morgan fingerprint density at radius 3 is 2.71 bits per heavy atom. The van der Waals surface area contributed by atoms with E-state index in [2.05, 4.69) is 4.98 Å². The van der Waals surface area contributed by atoms with Gasteiger partial charge in [0.2, 0.25) is 0 Å². The molecule has 0 saturated carbocycles. The van der Waals surface area contributed by atoms with Gasteiger partial charge in [0.25, 0.3) is 5.91 Å². The van der Waals surface area contributed by atoms with Crippen LogP contribution in [-0.4, -0.2) is 41.5 Å². The number of pyridine rings is 1. The Labute approximate surface area is 169 Å². The van der Waals surface area contributed by atoms with Crippen molar-refractivity contribution in [3.05, 3.63) is 53.2 Å². The molecule has 6 nitrogen and oxygen atoms in total. The van der Waals surface area contributed by atoms with Crippen molar-refractivity contribution in [3.63, 3.8) is 0 Å². The quantitative estimate of drug-likeness (QED) is 0.662. The highest BCUT2D eigenvalue weighted by Crippen LogP contribution is 2.30. The second-order valence-corrected chi connectivity index (χ2v) is 7.48. The number of amides is 1. The maximum atomic E-state index is 12.6. The average molecular weight is 398 g/mol. The van der Waals surface area contributed by atoms with E-state index in [4.69, 9.17) is 10.00 Å². The number of likely N-dealkylation sites (N-methyl/N-ethyl adjacent to an activating group) is 1. The second-order valence-electron chi connectivity index (χ2n) is 6.42. The molecule has 0 N–H and O–H groups in total. The molecule has 146 valence electrons. The van der Waals surface area contributed by atoms with Crippen LogP contribution in [0.1, 0.15) is 34.8 Å². The van der Waals surface area contributed by atoms with Crippen molar-refractivity contribution in [1.82, 2.24) is 9.88 Å². The van der Waals surface area contributed by atoms with Crippen molar-refractivity contribution in [3.8, 4) is 6.07 Å². The molecule has 0 unspecified atom stereocenters. The minimum atomic E-state index is -0.948. The zero-order valence-electron chi connectivity index (χ0n) is 16.4. The van der Waals surface area contributed by atoms with Gasteiger partial charge in [-0.15, -0.1) is 0 Å². The molecule has 1 aromatic carbocycles. The lowest BCUT2D eigenvalue weighted by molar-refractivity contribution is -0.138. The van der Waals surface area contributed by atoms with Crippen LogP contribution in [0.25, 0.3) is 0 Å². The molecule has 2 rings (SSSR count). The fourth-order valence-electron chi connectivity index (χ4n) is 2.43. The Hall–Kier alpha value is -2.85. The Morgan fingerprint density at radius 1 is 1.29 bits per heavy atom. The molecule has 7 heteroatoms. The van der Waals surface area contributed by atoms with Gasteiger partial charge in [-0.1, -0.05) is 17.8 Å². The van der Waals surface area contributed by atoms with Gasteiger partial charge in [0.1, 0.15) is 5.03 Å². The highest BCUT2D eigenvalue weighted by Gasteiger charge is 2.24. The van der Waals surface area contributed by atoms with Crippen molar-refractivity contribution in [2.24, 2.45) is 0 Å². The van der Waals surface area contributed by atoms with Crippen LogP contribution >= 0.6 is 11.8 Å². The third-order valence-electron chi connectivity index (χ3n) is 4.25. The Bertz CT molecular complexity index is 908. The van der Waals surface area contributed by atoms with Crippen LogP contribution in [0.3, 0.4) is 0 Å². The normalized spacial score (nSPS) is 11.4. The van der Waals surface area contributed by atoms with E-state index in [9.17, 15) is 9.59 Å². The van der Waals surface area contributed by atoms with Gasteiger partial charge in [-0.05, 0) is 56.2 Å². The number of rotatable bonds is 7. The number of ether oxygens (including phenoxy) is 1. The number of esters is 1. The monoisotopic (exact) mass is 397 g/mol. The summed E-state index contributed by atoms with van der Waals surface area (Å²) in [5.41, 5.74) is 2.66. The summed E-state index contributed by atoms with van der Waals surface area (Å²) in [4.78, 5) is 31.6. The number of nitrogens with zero attached hydrogens (tertiary/aromatic N) is 3. The summed E-state index contributed by atoms with van der Waals surface area (Å²) in [5.74, 6) is -0.954. The van der Waals surface area contributed by atoms with E-state index in [0.29, 0.717) is 10.6 Å². The molecule has 0 aliphatic heterocycles. The van der Waals surface area contributed by atoms with Crippen LogP contribution < -0.4 is 0 Å². The molecule has 0 radical (unpaired) electrons. The molecule has 0 bridgehead atoms. The second kappa shape index (κ2) is 9.90. The number of hydrogen-bond acceptors (Lipinski definition) is 6. The van der Waals surface area contributed by atoms with Crippen molar-refractivity contribution < 1.29 is 14.3 Å². The molecule has 1 heterocycles. The van der Waals surface area contributed by atoms with Crippen molar-refractivity contribution >= 4 is 23.6 Å². The van der Waals surface area contributed by atoms with E-state index < -0.39 is 12.1 Å². The van der Waals surface area contributed by atoms with Gasteiger partial charge in [-0.2, -0.15) is 5.26 Å². The van der Waals surface area contributed by atoms with E-state index in [0.717, 1.165) is 10.5 Å². The smallest absolute Gasteiger partial charge is 0.341 e. The van der Waals surface area contributed by atoms with Gasteiger partial charge >= 0.3 is 5.97 Å². The summed E-state index contributed by atoms with van der Waals surface area (Å²) in [6, 6.07) is 11.3. The van der Waals surface area contributed by atoms with Crippen LogP contribution in [0, 0.1) is 25.2 Å². The molecular formula is C21H23N3O3S. The molecule has 0 aliphatic carbocycles. The number of benzene rings is 1. The maximum absolute atomic E-state index is 12.6. The van der Waals surface area contributed by atoms with E-state index in [-0.39, 0.29) is 18.9 Å². The van der Waals surface area contributed by atoms with E-state index in [1.807, 2.05) is 38.1 Å². The maximum Gasteiger partial charge on any atom is 0.341 e. The molecule has 1 aromatic heterocycles. The largest absolute Gasteiger partial charge is 0.449 e. The number of aryl methyl sites for hydroxylation is 2. The lowest BCUT2D eigenvalue weighted by Gasteiger charge is -2.20. The summed E-state index contributed by atoms with van der Waals surface area (Å²) in [6.45, 7) is 5.89. The third-order valence-corrected chi connectivity index (χ3v) is 5.26. The third kappa shape index (κ3) is 5.57. The Kier molecular flexibility index (Phi) is 7.59. The SMILES string of the molecule is Cc1ccc(Sc2ncccc2C(=O)O[C@H](C)C(=O)N(C)CCC#N)cc1C. The Balaban J connectivity index is 2.12. The van der Waals surface area contributed by atoms with Crippen LogP contribution in [0.2, 0.25) is 0 Å². The molecule has 0 fully saturated rings. The molecule has 0 spiro atoms. The topological polar surface area (TPSA) is 83.3 Å². The first-order valence-electron chi connectivity index (χ1n) is 8.86. The highest BCUT2D eigenvalue weighted by molar-refractivity contribution is 7.99. The zero-order chi connectivity index (χ0) is 20.7. The van der Waals surface area contributed by atoms with Crippen LogP contribution in [-0.2, 0) is 9.53 Å². The minimum absolute atomic E-state index is 0.224. The van der Waals surface area contributed by atoms with Crippen molar-refractivity contribution in [1.29, 1.82) is 5.26 Å². The molecule has 1 atom stereocenters. The first kappa shape index (κ1) is 21.5. The summed E-state index contributed by atoms with van der Waals surface area (Å²) in [7, 11) is 1.58. The van der Waals surface area contributed by atoms with Gasteiger partial charge in [-0.25, -0.2) is 9.78 Å². The van der Waals surface area contributed by atoms with E-state index in [1.54, 1.807) is 25.4 Å². The van der Waals surface area contributed by atoms with Gasteiger partial charge in [0, 0.05) is 24.7 Å². The predicted octanol–water partition coefficient (Wildman–Crippen LogP) is 3.77. The predicted molar refractivity (Wildman–Crippen MR) is 107 cm³/mol. The van der Waals surface area contributed by atoms with Crippen LogP contribution in [0.5, 0.6) is 0 Å². The van der Waals surface area contributed by atoms with Crippen LogP contribution in [0.15, 0.2) is 46.5 Å². The molecule has 0 aliphatic rings. The number of carbonyl (C=O) groups is 2. The van der Waals surface area contributed by atoms with Gasteiger partial charge in [0.15, 0.2) is 6.10 Å². The molecule has 1 amide bonds. The summed E-state index contributed by atoms with van der Waals surface area (Å²) < 4.78 is 5.35. The van der Waals surface area contributed by atoms with E-state index >= 15 is 0 Å². The standard InChI is InChI=1S/C21H23N3O3S/c1-14-8-9-17(13-15(14)2)28-19-18(7-5-11-23-19)21(26)27-16(3)20(25)24(4)12-6-10-22/h5,7-9,11,13,16H,6,12H2,1-4H3/t16-/m1/s1. The first-order chi connectivity index (χ1) is 13.3. The number of nitriles is 1. The van der Waals surface area contributed by atoms with Gasteiger partial charge in [-0.3, -0.25) is 4.79 Å². The summed E-state index contributed by atoms with van der Waals surface area (Å²) in [6.07, 6.45) is 0.892. The van der Waals surface area contributed by atoms with Gasteiger partial charge < -0.3 is 9.64 Å². The van der Waals surface area contributed by atoms with Gasteiger partial charge in [0.05, 0.1) is 18.1 Å². The van der Waals surface area contributed by atoms with E-state index in [1.165, 1.54) is 29.1 Å². The summed E-state index contributed by atoms with van der Waals surface area (Å²) in [5, 5.41) is 9.15. The highest BCUT2D eigenvalue weighted by atomic mass is 32.2. The minimum Gasteiger partial charge on any atom is -0.449 e. The van der Waals surface area contributed by atoms with Crippen molar-refractivity contribution in [2.45, 2.75) is 43.2 Å². The average Bonchev–Trinajstić information content (AvgIpc) is 2.68.